The van der Waals surface area contributed by atoms with Crippen LogP contribution in [0, 0.1) is 5.92 Å². The number of nitrogens with zero attached hydrogens (tertiary/aromatic N) is 1. The van der Waals surface area contributed by atoms with Crippen LogP contribution in [0.1, 0.15) is 38.3 Å². The van der Waals surface area contributed by atoms with Gasteiger partial charge in [0.1, 0.15) is 5.75 Å². The predicted octanol–water partition coefficient (Wildman–Crippen LogP) is 2.64. The van der Waals surface area contributed by atoms with Crippen molar-refractivity contribution in [2.24, 2.45) is 5.92 Å². The number of phenolic OH excluding ortho intramolecular Hbond substituents is 1. The number of piperidine rings is 1. The molecule has 0 aromatic heterocycles. The largest absolute Gasteiger partial charge is 0.508 e. The first kappa shape index (κ1) is 13.9. The van der Waals surface area contributed by atoms with Gasteiger partial charge in [-0.2, -0.15) is 0 Å². The van der Waals surface area contributed by atoms with E-state index in [0.29, 0.717) is 12.8 Å². The van der Waals surface area contributed by atoms with Gasteiger partial charge in [0.2, 0.25) is 0 Å². The van der Waals surface area contributed by atoms with E-state index in [9.17, 15) is 9.90 Å². The Morgan fingerprint density at radius 2 is 2.00 bits per heavy atom. The molecule has 0 aliphatic carbocycles. The smallest absolute Gasteiger partial charge is 0.306 e. The number of hydrogen-bond acceptors (Lipinski definition) is 3. The zero-order chi connectivity index (χ0) is 14.0. The summed E-state index contributed by atoms with van der Waals surface area (Å²) in [5, 5.41) is 18.4. The number of carbonyl (C=O) groups is 1. The van der Waals surface area contributed by atoms with E-state index in [1.807, 2.05) is 12.1 Å². The van der Waals surface area contributed by atoms with Crippen LogP contribution in [0.15, 0.2) is 24.3 Å². The second-order valence-electron chi connectivity index (χ2n) is 5.41. The van der Waals surface area contributed by atoms with Gasteiger partial charge in [-0.05, 0) is 50.9 Å². The number of carboxylic acid groups (broad SMARTS) is 1. The van der Waals surface area contributed by atoms with Crippen LogP contribution in [0.25, 0.3) is 0 Å². The third-order valence-corrected chi connectivity index (χ3v) is 4.15. The van der Waals surface area contributed by atoms with Crippen molar-refractivity contribution in [1.29, 1.82) is 0 Å². The molecular formula is C15H21NO3. The van der Waals surface area contributed by atoms with Crippen molar-refractivity contribution in [1.82, 2.24) is 4.90 Å². The maximum Gasteiger partial charge on any atom is 0.306 e. The van der Waals surface area contributed by atoms with Crippen molar-refractivity contribution in [3.8, 4) is 5.75 Å². The molecule has 1 fully saturated rings. The molecule has 1 aromatic carbocycles. The van der Waals surface area contributed by atoms with Gasteiger partial charge in [0, 0.05) is 12.1 Å². The first-order valence-corrected chi connectivity index (χ1v) is 6.76. The topological polar surface area (TPSA) is 60.8 Å². The molecule has 2 N–H and O–H groups in total. The first-order chi connectivity index (χ1) is 8.99. The molecule has 19 heavy (non-hydrogen) atoms. The summed E-state index contributed by atoms with van der Waals surface area (Å²) in [4.78, 5) is 13.4. The molecule has 0 amide bonds. The van der Waals surface area contributed by atoms with Crippen LogP contribution in [0.2, 0.25) is 0 Å². The van der Waals surface area contributed by atoms with Gasteiger partial charge < -0.3 is 10.2 Å². The van der Waals surface area contributed by atoms with Crippen molar-refractivity contribution >= 4 is 5.97 Å². The Hall–Kier alpha value is -1.55. The SMILES string of the molecule is CC1CC(C(=O)O)CCN1C(C)c1ccc(O)cc1. The number of aromatic hydroxyl groups is 1. The van der Waals surface area contributed by atoms with E-state index < -0.39 is 5.97 Å². The second-order valence-corrected chi connectivity index (χ2v) is 5.41. The van der Waals surface area contributed by atoms with E-state index in [4.69, 9.17) is 5.11 Å². The van der Waals surface area contributed by atoms with E-state index in [1.165, 1.54) is 0 Å². The summed E-state index contributed by atoms with van der Waals surface area (Å²) in [6, 6.07) is 7.75. The monoisotopic (exact) mass is 263 g/mol. The highest BCUT2D eigenvalue weighted by Crippen LogP contribution is 2.31. The number of rotatable bonds is 3. The van der Waals surface area contributed by atoms with Crippen LogP contribution in [-0.4, -0.2) is 33.7 Å². The zero-order valence-electron chi connectivity index (χ0n) is 11.4. The highest BCUT2D eigenvalue weighted by atomic mass is 16.4. The van der Waals surface area contributed by atoms with E-state index in [-0.39, 0.29) is 23.8 Å². The van der Waals surface area contributed by atoms with Gasteiger partial charge in [-0.15, -0.1) is 0 Å². The van der Waals surface area contributed by atoms with Crippen LogP contribution in [0.5, 0.6) is 5.75 Å². The van der Waals surface area contributed by atoms with Gasteiger partial charge >= 0.3 is 5.97 Å². The van der Waals surface area contributed by atoms with Crippen molar-refractivity contribution in [2.45, 2.75) is 38.8 Å². The molecule has 0 spiro atoms. The Morgan fingerprint density at radius 3 is 2.53 bits per heavy atom. The molecular weight excluding hydrogens is 242 g/mol. The third kappa shape index (κ3) is 3.07. The lowest BCUT2D eigenvalue weighted by atomic mass is 9.89. The molecule has 0 radical (unpaired) electrons. The molecule has 1 saturated heterocycles. The van der Waals surface area contributed by atoms with Gasteiger partial charge in [0.05, 0.1) is 5.92 Å². The second kappa shape index (κ2) is 5.61. The first-order valence-electron chi connectivity index (χ1n) is 6.76. The molecule has 104 valence electrons. The number of carboxylic acids is 1. The molecule has 3 atom stereocenters. The van der Waals surface area contributed by atoms with Gasteiger partial charge in [-0.1, -0.05) is 12.1 Å². The minimum Gasteiger partial charge on any atom is -0.508 e. The van der Waals surface area contributed by atoms with Crippen molar-refractivity contribution in [2.75, 3.05) is 6.54 Å². The molecule has 1 heterocycles. The highest BCUT2D eigenvalue weighted by Gasteiger charge is 2.32. The summed E-state index contributed by atoms with van der Waals surface area (Å²) in [5.74, 6) is -0.615. The number of phenols is 1. The van der Waals surface area contributed by atoms with E-state index in [2.05, 4.69) is 18.7 Å². The van der Waals surface area contributed by atoms with Gasteiger partial charge in [-0.25, -0.2) is 0 Å². The highest BCUT2D eigenvalue weighted by molar-refractivity contribution is 5.70. The standard InChI is InChI=1S/C15H21NO3/c1-10-9-13(15(18)19)7-8-16(10)11(2)12-3-5-14(17)6-4-12/h3-6,10-11,13,17H,7-9H2,1-2H3,(H,18,19). The number of benzene rings is 1. The maximum atomic E-state index is 11.0. The van der Waals surface area contributed by atoms with Crippen LogP contribution in [0.4, 0.5) is 0 Å². The van der Waals surface area contributed by atoms with Crippen molar-refractivity contribution in [3.05, 3.63) is 29.8 Å². The lowest BCUT2D eigenvalue weighted by Crippen LogP contribution is -2.43. The van der Waals surface area contributed by atoms with E-state index in [1.54, 1.807) is 12.1 Å². The molecule has 3 unspecified atom stereocenters. The number of hydrogen-bond donors (Lipinski definition) is 2. The van der Waals surface area contributed by atoms with E-state index >= 15 is 0 Å². The molecule has 1 aliphatic heterocycles. The number of likely N-dealkylation sites (tertiary alicyclic amines) is 1. The normalized spacial score (nSPS) is 26.0. The molecule has 0 bridgehead atoms. The Kier molecular flexibility index (Phi) is 4.10. The molecule has 1 aliphatic rings. The van der Waals surface area contributed by atoms with Crippen LogP contribution in [-0.2, 0) is 4.79 Å². The van der Waals surface area contributed by atoms with Crippen LogP contribution < -0.4 is 0 Å². The average Bonchev–Trinajstić information content (AvgIpc) is 2.38. The lowest BCUT2D eigenvalue weighted by molar-refractivity contribution is -0.144. The zero-order valence-corrected chi connectivity index (χ0v) is 11.4. The van der Waals surface area contributed by atoms with Crippen LogP contribution >= 0.6 is 0 Å². The minimum atomic E-state index is -0.677. The molecule has 1 aromatic rings. The van der Waals surface area contributed by atoms with Gasteiger partial charge in [0.15, 0.2) is 0 Å². The Bertz CT molecular complexity index is 443. The minimum absolute atomic E-state index is 0.210. The Morgan fingerprint density at radius 1 is 1.37 bits per heavy atom. The number of aliphatic carboxylic acids is 1. The summed E-state index contributed by atoms with van der Waals surface area (Å²) in [6.07, 6.45) is 1.42. The van der Waals surface area contributed by atoms with Crippen LogP contribution in [0.3, 0.4) is 0 Å². The fourth-order valence-corrected chi connectivity index (χ4v) is 2.93. The Labute approximate surface area is 113 Å². The third-order valence-electron chi connectivity index (χ3n) is 4.15. The molecule has 4 heteroatoms. The quantitative estimate of drug-likeness (QED) is 0.880. The Balaban J connectivity index is 2.06. The summed E-state index contributed by atoms with van der Waals surface area (Å²) in [7, 11) is 0. The summed E-state index contributed by atoms with van der Waals surface area (Å²) in [5.41, 5.74) is 1.15. The average molecular weight is 263 g/mol. The molecule has 2 rings (SSSR count). The predicted molar refractivity (Wildman–Crippen MR) is 73.0 cm³/mol. The maximum absolute atomic E-state index is 11.0. The fraction of sp³-hybridized carbons (Fsp3) is 0.533. The fourth-order valence-electron chi connectivity index (χ4n) is 2.93. The summed E-state index contributed by atoms with van der Waals surface area (Å²) < 4.78 is 0. The van der Waals surface area contributed by atoms with Gasteiger partial charge in [0.25, 0.3) is 0 Å². The van der Waals surface area contributed by atoms with Crippen molar-refractivity contribution < 1.29 is 15.0 Å². The molecule has 0 saturated carbocycles. The van der Waals surface area contributed by atoms with Gasteiger partial charge in [-0.3, -0.25) is 9.69 Å². The summed E-state index contributed by atoms with van der Waals surface area (Å²) in [6.45, 7) is 5.02. The molecule has 4 nitrogen and oxygen atoms in total. The summed E-state index contributed by atoms with van der Waals surface area (Å²) >= 11 is 0. The van der Waals surface area contributed by atoms with Crippen molar-refractivity contribution in [3.63, 3.8) is 0 Å². The lowest BCUT2D eigenvalue weighted by Gasteiger charge is -2.40. The van der Waals surface area contributed by atoms with E-state index in [0.717, 1.165) is 12.1 Å².